The van der Waals surface area contributed by atoms with Crippen LogP contribution in [-0.2, 0) is 16.1 Å². The molecule has 0 aliphatic rings. The summed E-state index contributed by atoms with van der Waals surface area (Å²) in [6.07, 6.45) is 0. The number of para-hydroxylation sites is 1. The van der Waals surface area contributed by atoms with Gasteiger partial charge < -0.3 is 9.30 Å². The number of nitrogens with zero attached hydrogens (tertiary/aromatic N) is 2. The van der Waals surface area contributed by atoms with Crippen LogP contribution in [0.5, 0.6) is 0 Å². The molecule has 0 fully saturated rings. The summed E-state index contributed by atoms with van der Waals surface area (Å²) < 4.78 is 8.67. The van der Waals surface area contributed by atoms with Crippen LogP contribution in [0.3, 0.4) is 0 Å². The van der Waals surface area contributed by atoms with Gasteiger partial charge in [0.2, 0.25) is 0 Å². The van der Waals surface area contributed by atoms with Crippen molar-refractivity contribution in [2.75, 3.05) is 6.61 Å². The van der Waals surface area contributed by atoms with Crippen molar-refractivity contribution in [3.05, 3.63) is 62.0 Å². The lowest BCUT2D eigenvalue weighted by Gasteiger charge is -2.07. The van der Waals surface area contributed by atoms with E-state index in [0.29, 0.717) is 17.0 Å². The highest BCUT2D eigenvalue weighted by Crippen LogP contribution is 2.21. The van der Waals surface area contributed by atoms with Crippen molar-refractivity contribution in [3.63, 3.8) is 0 Å². The molecule has 3 rings (SSSR count). The Morgan fingerprint density at radius 2 is 1.96 bits per heavy atom. The summed E-state index contributed by atoms with van der Waals surface area (Å²) in [5, 5.41) is 0. The maximum absolute atomic E-state index is 12.7. The molecule has 0 aliphatic carbocycles. The highest BCUT2D eigenvalue weighted by atomic mass is 127. The van der Waals surface area contributed by atoms with Crippen molar-refractivity contribution in [3.8, 4) is 0 Å². The zero-order valence-electron chi connectivity index (χ0n) is 14.4. The lowest BCUT2D eigenvalue weighted by molar-refractivity contribution is -0.143. The molecule has 3 aromatic rings. The van der Waals surface area contributed by atoms with Crippen LogP contribution in [-0.4, -0.2) is 23.1 Å². The van der Waals surface area contributed by atoms with Gasteiger partial charge in [-0.05, 0) is 60.2 Å². The minimum absolute atomic E-state index is 0.0245. The zero-order valence-corrected chi connectivity index (χ0v) is 17.3. The average molecular weight is 480 g/mol. The third-order valence-electron chi connectivity index (χ3n) is 3.80. The van der Waals surface area contributed by atoms with Crippen LogP contribution in [0.1, 0.15) is 22.8 Å². The first-order valence-electron chi connectivity index (χ1n) is 8.09. The zero-order chi connectivity index (χ0) is 18.7. The Morgan fingerprint density at radius 3 is 2.69 bits per heavy atom. The number of esters is 1. The van der Waals surface area contributed by atoms with Gasteiger partial charge in [0.1, 0.15) is 6.54 Å². The summed E-state index contributed by atoms with van der Waals surface area (Å²) in [5.41, 5.74) is 2.47. The molecule has 5 nitrogen and oxygen atoms in total. The van der Waals surface area contributed by atoms with E-state index in [9.17, 15) is 9.59 Å². The third kappa shape index (κ3) is 3.88. The fourth-order valence-corrected chi connectivity index (χ4v) is 4.38. The number of hydrogen-bond donors (Lipinski definition) is 0. The standard InChI is InChI=1S/C19H17IN2O3S/c1-3-25-16(23)11-22-17-12(2)7-6-10-15(17)26-19(22)21-18(24)13-8-4-5-9-14(13)20/h4-10H,3,11H2,1-2H3. The topological polar surface area (TPSA) is 60.7 Å². The van der Waals surface area contributed by atoms with Crippen molar-refractivity contribution in [1.82, 2.24) is 4.57 Å². The molecule has 26 heavy (non-hydrogen) atoms. The number of fused-ring (bicyclic) bond motifs is 1. The second kappa shape index (κ2) is 8.13. The summed E-state index contributed by atoms with van der Waals surface area (Å²) in [6, 6.07) is 13.2. The third-order valence-corrected chi connectivity index (χ3v) is 5.78. The van der Waals surface area contributed by atoms with Gasteiger partial charge in [-0.1, -0.05) is 35.6 Å². The molecule has 0 aliphatic heterocycles. The highest BCUT2D eigenvalue weighted by Gasteiger charge is 2.15. The van der Waals surface area contributed by atoms with Gasteiger partial charge in [0.15, 0.2) is 4.80 Å². The summed E-state index contributed by atoms with van der Waals surface area (Å²) in [5.74, 6) is -0.671. The van der Waals surface area contributed by atoms with E-state index in [0.717, 1.165) is 19.4 Å². The molecule has 0 saturated heterocycles. The fraction of sp³-hybridized carbons (Fsp3) is 0.211. The molecule has 0 saturated carbocycles. The molecular formula is C19H17IN2O3S. The van der Waals surface area contributed by atoms with Crippen LogP contribution in [0.4, 0.5) is 0 Å². The van der Waals surface area contributed by atoms with E-state index in [1.165, 1.54) is 11.3 Å². The summed E-state index contributed by atoms with van der Waals surface area (Å²) in [6.45, 7) is 4.08. The molecule has 7 heteroatoms. The lowest BCUT2D eigenvalue weighted by atomic mass is 10.2. The molecule has 0 bridgehead atoms. The maximum Gasteiger partial charge on any atom is 0.326 e. The molecule has 0 radical (unpaired) electrons. The first-order chi connectivity index (χ1) is 12.5. The Bertz CT molecular complexity index is 1050. The Balaban J connectivity index is 2.15. The van der Waals surface area contributed by atoms with E-state index in [1.807, 2.05) is 43.3 Å². The van der Waals surface area contributed by atoms with Crippen molar-refractivity contribution in [1.29, 1.82) is 0 Å². The van der Waals surface area contributed by atoms with Gasteiger partial charge in [0.05, 0.1) is 22.4 Å². The summed E-state index contributed by atoms with van der Waals surface area (Å²) in [4.78, 5) is 29.5. The molecule has 0 spiro atoms. The molecule has 1 heterocycles. The predicted octanol–water partition coefficient (Wildman–Crippen LogP) is 3.92. The molecule has 0 unspecified atom stereocenters. The van der Waals surface area contributed by atoms with Gasteiger partial charge in [-0.15, -0.1) is 0 Å². The van der Waals surface area contributed by atoms with Crippen molar-refractivity contribution >= 4 is 56.0 Å². The molecule has 1 aromatic heterocycles. The van der Waals surface area contributed by atoms with Crippen molar-refractivity contribution < 1.29 is 14.3 Å². The SMILES string of the molecule is CCOC(=O)Cn1c(=NC(=O)c2ccccc2I)sc2cccc(C)c21. The number of carbonyl (C=O) groups excluding carboxylic acids is 2. The number of aryl methyl sites for hydroxylation is 1. The van der Waals surface area contributed by atoms with E-state index in [1.54, 1.807) is 17.6 Å². The molecule has 0 atom stereocenters. The van der Waals surface area contributed by atoms with Gasteiger partial charge in [0.25, 0.3) is 5.91 Å². The monoisotopic (exact) mass is 480 g/mol. The van der Waals surface area contributed by atoms with Gasteiger partial charge in [0, 0.05) is 3.57 Å². The molecular weight excluding hydrogens is 463 g/mol. The van der Waals surface area contributed by atoms with Crippen LogP contribution in [0.15, 0.2) is 47.5 Å². The van der Waals surface area contributed by atoms with Gasteiger partial charge >= 0.3 is 5.97 Å². The summed E-state index contributed by atoms with van der Waals surface area (Å²) >= 11 is 3.51. The first kappa shape index (κ1) is 18.8. The van der Waals surface area contributed by atoms with Crippen molar-refractivity contribution in [2.45, 2.75) is 20.4 Å². The van der Waals surface area contributed by atoms with Gasteiger partial charge in [-0.2, -0.15) is 4.99 Å². The number of amides is 1. The number of halogens is 1. The van der Waals surface area contributed by atoms with Crippen LogP contribution in [0, 0.1) is 10.5 Å². The number of thiazole rings is 1. The number of carbonyl (C=O) groups is 2. The number of rotatable bonds is 4. The minimum Gasteiger partial charge on any atom is -0.465 e. The number of ether oxygens (including phenoxy) is 1. The predicted molar refractivity (Wildman–Crippen MR) is 110 cm³/mol. The molecule has 134 valence electrons. The van der Waals surface area contributed by atoms with E-state index in [4.69, 9.17) is 4.74 Å². The molecule has 0 N–H and O–H groups in total. The minimum atomic E-state index is -0.348. The van der Waals surface area contributed by atoms with Gasteiger partial charge in [-0.3, -0.25) is 9.59 Å². The maximum atomic E-state index is 12.7. The normalized spacial score (nSPS) is 11.7. The lowest BCUT2D eigenvalue weighted by Crippen LogP contribution is -2.23. The Morgan fingerprint density at radius 1 is 1.19 bits per heavy atom. The second-order valence-electron chi connectivity index (χ2n) is 5.59. The Hall–Kier alpha value is -2.00. The van der Waals surface area contributed by atoms with Crippen LogP contribution in [0.2, 0.25) is 0 Å². The quantitative estimate of drug-likeness (QED) is 0.420. The van der Waals surface area contributed by atoms with E-state index < -0.39 is 0 Å². The first-order valence-corrected chi connectivity index (χ1v) is 9.99. The Kier molecular flexibility index (Phi) is 5.87. The average Bonchev–Trinajstić information content (AvgIpc) is 2.94. The van der Waals surface area contributed by atoms with Gasteiger partial charge in [-0.25, -0.2) is 0 Å². The fourth-order valence-electron chi connectivity index (χ4n) is 2.66. The van der Waals surface area contributed by atoms with Crippen LogP contribution >= 0.6 is 33.9 Å². The number of benzene rings is 2. The highest BCUT2D eigenvalue weighted by molar-refractivity contribution is 14.1. The van der Waals surface area contributed by atoms with Crippen molar-refractivity contribution in [2.24, 2.45) is 4.99 Å². The number of hydrogen-bond acceptors (Lipinski definition) is 4. The summed E-state index contributed by atoms with van der Waals surface area (Å²) in [7, 11) is 0. The Labute approximate surface area is 168 Å². The van der Waals surface area contributed by atoms with E-state index in [2.05, 4.69) is 27.6 Å². The largest absolute Gasteiger partial charge is 0.465 e. The van der Waals surface area contributed by atoms with E-state index >= 15 is 0 Å². The molecule has 1 amide bonds. The van der Waals surface area contributed by atoms with E-state index in [-0.39, 0.29) is 18.4 Å². The van der Waals surface area contributed by atoms with Crippen LogP contribution in [0.25, 0.3) is 10.2 Å². The smallest absolute Gasteiger partial charge is 0.326 e. The van der Waals surface area contributed by atoms with Crippen LogP contribution < -0.4 is 4.80 Å². The molecule has 2 aromatic carbocycles. The second-order valence-corrected chi connectivity index (χ2v) is 7.77. The number of aromatic nitrogens is 1.